The molecule has 0 aliphatic carbocycles. The number of benzene rings is 1. The number of halogens is 1. The van der Waals surface area contributed by atoms with E-state index in [4.69, 9.17) is 16.3 Å². The van der Waals surface area contributed by atoms with Crippen LogP contribution in [0.4, 0.5) is 5.69 Å². The van der Waals surface area contributed by atoms with Crippen LogP contribution >= 0.6 is 11.6 Å². The number of nitrogens with zero attached hydrogens (tertiary/aromatic N) is 1. The molecule has 1 aromatic rings. The normalized spacial score (nSPS) is 10.3. The van der Waals surface area contributed by atoms with E-state index in [-0.39, 0.29) is 19.0 Å². The van der Waals surface area contributed by atoms with Gasteiger partial charge < -0.3 is 20.3 Å². The van der Waals surface area contributed by atoms with Crippen LogP contribution in [0.5, 0.6) is 0 Å². The SMILES string of the molecule is CC(C)CCC(=O)NCC(=O)OCC(=O)N(C)CC(=O)Nc1ccccc1Cl. The molecule has 0 atom stereocenters. The number of hydrogen-bond acceptors (Lipinski definition) is 5. The van der Waals surface area contributed by atoms with Crippen LogP contribution < -0.4 is 10.6 Å². The van der Waals surface area contributed by atoms with Gasteiger partial charge in [0.2, 0.25) is 11.8 Å². The van der Waals surface area contributed by atoms with E-state index in [2.05, 4.69) is 10.6 Å². The number of carbonyl (C=O) groups excluding carboxylic acids is 4. The third-order valence-electron chi connectivity index (χ3n) is 3.69. The van der Waals surface area contributed by atoms with E-state index in [1.54, 1.807) is 24.3 Å². The number of amides is 3. The largest absolute Gasteiger partial charge is 0.454 e. The molecule has 1 aromatic carbocycles. The lowest BCUT2D eigenvalue weighted by molar-refractivity contribution is -0.151. The zero-order valence-corrected chi connectivity index (χ0v) is 17.0. The topological polar surface area (TPSA) is 105 Å². The Morgan fingerprint density at radius 1 is 1.14 bits per heavy atom. The third-order valence-corrected chi connectivity index (χ3v) is 4.02. The molecule has 0 heterocycles. The van der Waals surface area contributed by atoms with Gasteiger partial charge in [0.25, 0.3) is 5.91 Å². The lowest BCUT2D eigenvalue weighted by Crippen LogP contribution is -2.38. The summed E-state index contributed by atoms with van der Waals surface area (Å²) >= 11 is 5.96. The van der Waals surface area contributed by atoms with Crippen molar-refractivity contribution in [2.24, 2.45) is 5.92 Å². The number of hydrogen-bond donors (Lipinski definition) is 2. The molecule has 0 radical (unpaired) electrons. The van der Waals surface area contributed by atoms with Crippen molar-refractivity contribution >= 4 is 41.0 Å². The Hall–Kier alpha value is -2.61. The van der Waals surface area contributed by atoms with Crippen molar-refractivity contribution in [1.29, 1.82) is 0 Å². The molecule has 0 aliphatic heterocycles. The Kier molecular flexibility index (Phi) is 10.0. The van der Waals surface area contributed by atoms with Crippen LogP contribution in [0.25, 0.3) is 0 Å². The maximum Gasteiger partial charge on any atom is 0.325 e. The second-order valence-electron chi connectivity index (χ2n) is 6.65. The lowest BCUT2D eigenvalue weighted by Gasteiger charge is -2.17. The molecule has 2 N–H and O–H groups in total. The van der Waals surface area contributed by atoms with Gasteiger partial charge in [-0.1, -0.05) is 37.6 Å². The van der Waals surface area contributed by atoms with Gasteiger partial charge in [0.1, 0.15) is 6.54 Å². The molecule has 0 fully saturated rings. The zero-order valence-electron chi connectivity index (χ0n) is 16.3. The smallest absolute Gasteiger partial charge is 0.325 e. The molecule has 1 rings (SSSR count). The van der Waals surface area contributed by atoms with Crippen LogP contribution in [0.15, 0.2) is 24.3 Å². The van der Waals surface area contributed by atoms with Gasteiger partial charge in [0.15, 0.2) is 6.61 Å². The van der Waals surface area contributed by atoms with Crippen molar-refractivity contribution in [1.82, 2.24) is 10.2 Å². The fourth-order valence-electron chi connectivity index (χ4n) is 2.04. The fourth-order valence-corrected chi connectivity index (χ4v) is 2.22. The second-order valence-corrected chi connectivity index (χ2v) is 7.05. The molecule has 0 spiro atoms. The van der Waals surface area contributed by atoms with E-state index in [0.29, 0.717) is 23.0 Å². The van der Waals surface area contributed by atoms with E-state index >= 15 is 0 Å². The van der Waals surface area contributed by atoms with Gasteiger partial charge in [-0.3, -0.25) is 19.2 Å². The van der Waals surface area contributed by atoms with Crippen LogP contribution in [0, 0.1) is 5.92 Å². The van der Waals surface area contributed by atoms with Crippen LogP contribution in [-0.4, -0.2) is 55.3 Å². The first-order valence-electron chi connectivity index (χ1n) is 8.89. The van der Waals surface area contributed by atoms with Gasteiger partial charge in [-0.25, -0.2) is 0 Å². The van der Waals surface area contributed by atoms with Gasteiger partial charge >= 0.3 is 5.97 Å². The molecular weight excluding hydrogens is 386 g/mol. The van der Waals surface area contributed by atoms with Crippen LogP contribution in [-0.2, 0) is 23.9 Å². The van der Waals surface area contributed by atoms with E-state index < -0.39 is 24.4 Å². The van der Waals surface area contributed by atoms with Crippen LogP contribution in [0.2, 0.25) is 5.02 Å². The quantitative estimate of drug-likeness (QED) is 0.571. The van der Waals surface area contributed by atoms with Crippen molar-refractivity contribution in [2.45, 2.75) is 26.7 Å². The molecule has 0 bridgehead atoms. The average molecular weight is 412 g/mol. The molecule has 3 amide bonds. The highest BCUT2D eigenvalue weighted by atomic mass is 35.5. The minimum atomic E-state index is -0.722. The number of anilines is 1. The summed E-state index contributed by atoms with van der Waals surface area (Å²) in [5.41, 5.74) is 0.439. The van der Waals surface area contributed by atoms with Crippen LogP contribution in [0.3, 0.4) is 0 Å². The first-order valence-corrected chi connectivity index (χ1v) is 9.27. The summed E-state index contributed by atoms with van der Waals surface area (Å²) in [6, 6.07) is 6.72. The highest BCUT2D eigenvalue weighted by Gasteiger charge is 2.16. The van der Waals surface area contributed by atoms with E-state index in [1.807, 2.05) is 13.8 Å². The van der Waals surface area contributed by atoms with Gasteiger partial charge in [-0.05, 0) is 24.5 Å². The second kappa shape index (κ2) is 12.0. The minimum absolute atomic E-state index is 0.229. The Morgan fingerprint density at radius 3 is 2.46 bits per heavy atom. The Balaban J connectivity index is 2.30. The monoisotopic (exact) mass is 411 g/mol. The summed E-state index contributed by atoms with van der Waals surface area (Å²) in [5, 5.41) is 5.42. The molecule has 0 saturated heterocycles. The van der Waals surface area contributed by atoms with E-state index in [0.717, 1.165) is 11.3 Å². The van der Waals surface area contributed by atoms with Crippen molar-refractivity contribution < 1.29 is 23.9 Å². The summed E-state index contributed by atoms with van der Waals surface area (Å²) in [4.78, 5) is 48.2. The van der Waals surface area contributed by atoms with Gasteiger partial charge in [-0.15, -0.1) is 0 Å². The van der Waals surface area contributed by atoms with Crippen LogP contribution in [0.1, 0.15) is 26.7 Å². The predicted octanol–water partition coefficient (Wildman–Crippen LogP) is 1.83. The molecule has 154 valence electrons. The summed E-state index contributed by atoms with van der Waals surface area (Å²) in [6.45, 7) is 2.95. The maximum absolute atomic E-state index is 12.0. The van der Waals surface area contributed by atoms with Crippen molar-refractivity contribution in [2.75, 3.05) is 32.1 Å². The third kappa shape index (κ3) is 9.36. The minimum Gasteiger partial charge on any atom is -0.454 e. The first-order chi connectivity index (χ1) is 13.2. The number of esters is 1. The van der Waals surface area contributed by atoms with Gasteiger partial charge in [-0.2, -0.15) is 0 Å². The number of likely N-dealkylation sites (N-methyl/N-ethyl adjacent to an activating group) is 1. The number of para-hydroxylation sites is 1. The molecule has 0 saturated carbocycles. The molecule has 0 aliphatic rings. The molecule has 9 heteroatoms. The summed E-state index contributed by atoms with van der Waals surface area (Å²) < 4.78 is 4.82. The van der Waals surface area contributed by atoms with Crippen molar-refractivity contribution in [3.05, 3.63) is 29.3 Å². The van der Waals surface area contributed by atoms with Gasteiger partial charge in [0, 0.05) is 13.5 Å². The Morgan fingerprint density at radius 2 is 1.82 bits per heavy atom. The number of rotatable bonds is 10. The summed E-state index contributed by atoms with van der Waals surface area (Å²) in [5.74, 6) is -1.56. The summed E-state index contributed by atoms with van der Waals surface area (Å²) in [6.07, 6.45) is 1.05. The fraction of sp³-hybridized carbons (Fsp3) is 0.474. The standard InChI is InChI=1S/C19H26ClN3O5/c1-13(2)8-9-16(24)21-10-19(27)28-12-18(26)23(3)11-17(25)22-15-7-5-4-6-14(15)20/h4-7,13H,8-12H2,1-3H3,(H,21,24)(H,22,25). The van der Waals surface area contributed by atoms with E-state index in [9.17, 15) is 19.2 Å². The average Bonchev–Trinajstić information content (AvgIpc) is 2.64. The molecule has 0 unspecified atom stereocenters. The first kappa shape index (κ1) is 23.4. The van der Waals surface area contributed by atoms with E-state index in [1.165, 1.54) is 7.05 Å². The number of carbonyl (C=O) groups is 4. The predicted molar refractivity (Wildman–Crippen MR) is 106 cm³/mol. The molecule has 0 aromatic heterocycles. The molecule has 8 nitrogen and oxygen atoms in total. The highest BCUT2D eigenvalue weighted by molar-refractivity contribution is 6.33. The molecule has 28 heavy (non-hydrogen) atoms. The number of nitrogens with one attached hydrogen (secondary N) is 2. The maximum atomic E-state index is 12.0. The number of ether oxygens (including phenoxy) is 1. The van der Waals surface area contributed by atoms with Crippen molar-refractivity contribution in [3.8, 4) is 0 Å². The Labute approximate surface area is 169 Å². The summed E-state index contributed by atoms with van der Waals surface area (Å²) in [7, 11) is 1.41. The van der Waals surface area contributed by atoms with Crippen molar-refractivity contribution in [3.63, 3.8) is 0 Å². The Bertz CT molecular complexity index is 709. The zero-order chi connectivity index (χ0) is 21.1. The molecular formula is C19H26ClN3O5. The van der Waals surface area contributed by atoms with Gasteiger partial charge in [0.05, 0.1) is 17.3 Å². The highest BCUT2D eigenvalue weighted by Crippen LogP contribution is 2.20. The lowest BCUT2D eigenvalue weighted by atomic mass is 10.1.